The van der Waals surface area contributed by atoms with Crippen LogP contribution in [-0.4, -0.2) is 4.92 Å². The third kappa shape index (κ3) is 2.90. The van der Waals surface area contributed by atoms with Gasteiger partial charge in [0.2, 0.25) is 0 Å². The number of halogens is 2. The van der Waals surface area contributed by atoms with Crippen LogP contribution in [0.3, 0.4) is 0 Å². The quantitative estimate of drug-likeness (QED) is 0.683. The maximum Gasteiger partial charge on any atom is 0.269 e. The number of anilines is 1. The molecule has 4 nitrogen and oxygen atoms in total. The lowest BCUT2D eigenvalue weighted by Crippen LogP contribution is -2.05. The maximum absolute atomic E-state index is 13.7. The lowest BCUT2D eigenvalue weighted by molar-refractivity contribution is -0.384. The Kier molecular flexibility index (Phi) is 3.93. The Bertz CT molecular complexity index is 642. The van der Waals surface area contributed by atoms with Gasteiger partial charge >= 0.3 is 0 Å². The molecule has 0 bridgehead atoms. The molecule has 0 saturated carbocycles. The lowest BCUT2D eigenvalue weighted by Gasteiger charge is -2.10. The van der Waals surface area contributed by atoms with E-state index in [-0.39, 0.29) is 17.9 Å². The minimum atomic E-state index is -0.671. The van der Waals surface area contributed by atoms with Gasteiger partial charge in [-0.05, 0) is 24.1 Å². The van der Waals surface area contributed by atoms with Crippen molar-refractivity contribution in [3.05, 3.63) is 69.3 Å². The summed E-state index contributed by atoms with van der Waals surface area (Å²) in [5, 5.41) is 13.2. The van der Waals surface area contributed by atoms with Crippen molar-refractivity contribution < 1.29 is 13.7 Å². The van der Waals surface area contributed by atoms with Crippen molar-refractivity contribution in [2.24, 2.45) is 0 Å². The highest BCUT2D eigenvalue weighted by Gasteiger charge is 2.11. The van der Waals surface area contributed by atoms with Gasteiger partial charge in [0.05, 0.1) is 4.92 Å². The van der Waals surface area contributed by atoms with Crippen molar-refractivity contribution in [3.63, 3.8) is 0 Å². The van der Waals surface area contributed by atoms with Gasteiger partial charge in [-0.2, -0.15) is 0 Å². The van der Waals surface area contributed by atoms with Crippen LogP contribution in [0.15, 0.2) is 36.4 Å². The summed E-state index contributed by atoms with van der Waals surface area (Å²) in [7, 11) is 0. The first-order chi connectivity index (χ1) is 9.49. The average molecular weight is 278 g/mol. The summed E-state index contributed by atoms with van der Waals surface area (Å²) in [5.74, 6) is -1.30. The number of aryl methyl sites for hydroxylation is 1. The zero-order valence-electron chi connectivity index (χ0n) is 10.7. The molecule has 0 radical (unpaired) electrons. The summed E-state index contributed by atoms with van der Waals surface area (Å²) < 4.78 is 27.3. The standard InChI is InChI=1S/C14H12F2N2O2/c1-9-2-7-12(15)14(13(9)16)17-8-10-3-5-11(6-4-10)18(19)20/h2-7,17H,8H2,1H3. The van der Waals surface area contributed by atoms with Crippen molar-refractivity contribution in [1.29, 1.82) is 0 Å². The van der Waals surface area contributed by atoms with Gasteiger partial charge < -0.3 is 5.32 Å². The van der Waals surface area contributed by atoms with Gasteiger partial charge in [-0.3, -0.25) is 10.1 Å². The Hall–Kier alpha value is -2.50. The smallest absolute Gasteiger partial charge is 0.269 e. The summed E-state index contributed by atoms with van der Waals surface area (Å²) in [4.78, 5) is 10.0. The molecule has 2 rings (SSSR count). The van der Waals surface area contributed by atoms with Crippen molar-refractivity contribution in [1.82, 2.24) is 0 Å². The van der Waals surface area contributed by atoms with E-state index in [4.69, 9.17) is 0 Å². The molecule has 2 aromatic carbocycles. The second-order valence-electron chi connectivity index (χ2n) is 4.33. The van der Waals surface area contributed by atoms with E-state index in [9.17, 15) is 18.9 Å². The zero-order valence-corrected chi connectivity index (χ0v) is 10.7. The van der Waals surface area contributed by atoms with E-state index in [1.807, 2.05) is 0 Å². The Morgan fingerprint density at radius 1 is 1.15 bits per heavy atom. The van der Waals surface area contributed by atoms with Gasteiger partial charge in [-0.25, -0.2) is 8.78 Å². The van der Waals surface area contributed by atoms with Crippen LogP contribution in [0.1, 0.15) is 11.1 Å². The SMILES string of the molecule is Cc1ccc(F)c(NCc2ccc([N+](=O)[O-])cc2)c1F. The van der Waals surface area contributed by atoms with Gasteiger partial charge in [0.15, 0.2) is 5.82 Å². The Morgan fingerprint density at radius 2 is 1.80 bits per heavy atom. The molecule has 6 heteroatoms. The molecule has 0 saturated heterocycles. The molecule has 0 aliphatic heterocycles. The van der Waals surface area contributed by atoms with Gasteiger partial charge in [0.25, 0.3) is 5.69 Å². The highest BCUT2D eigenvalue weighted by molar-refractivity contribution is 5.49. The first-order valence-corrected chi connectivity index (χ1v) is 5.91. The number of hydrogen-bond acceptors (Lipinski definition) is 3. The summed E-state index contributed by atoms with van der Waals surface area (Å²) >= 11 is 0. The van der Waals surface area contributed by atoms with E-state index >= 15 is 0 Å². The van der Waals surface area contributed by atoms with Crippen molar-refractivity contribution in [2.75, 3.05) is 5.32 Å². The predicted octanol–water partition coefficient (Wildman–Crippen LogP) is 3.79. The number of nitro benzene ring substituents is 1. The molecule has 0 aliphatic carbocycles. The van der Waals surface area contributed by atoms with E-state index in [0.717, 1.165) is 0 Å². The monoisotopic (exact) mass is 278 g/mol. The number of benzene rings is 2. The molecular formula is C14H12F2N2O2. The molecule has 0 aliphatic rings. The van der Waals surface area contributed by atoms with Crippen LogP contribution in [0.5, 0.6) is 0 Å². The fourth-order valence-corrected chi connectivity index (χ4v) is 1.74. The van der Waals surface area contributed by atoms with Crippen LogP contribution in [0.25, 0.3) is 0 Å². The minimum Gasteiger partial charge on any atom is -0.376 e. The van der Waals surface area contributed by atoms with Crippen LogP contribution in [-0.2, 0) is 6.54 Å². The molecule has 1 N–H and O–H groups in total. The number of nitro groups is 1. The lowest BCUT2D eigenvalue weighted by atomic mass is 10.1. The van der Waals surface area contributed by atoms with Crippen LogP contribution >= 0.6 is 0 Å². The van der Waals surface area contributed by atoms with Crippen molar-refractivity contribution in [3.8, 4) is 0 Å². The number of rotatable bonds is 4. The number of non-ortho nitro benzene ring substituents is 1. The summed E-state index contributed by atoms with van der Waals surface area (Å²) in [5.41, 5.74) is 0.818. The highest BCUT2D eigenvalue weighted by atomic mass is 19.1. The first-order valence-electron chi connectivity index (χ1n) is 5.91. The summed E-state index contributed by atoms with van der Waals surface area (Å²) in [6.45, 7) is 1.72. The fraction of sp³-hybridized carbons (Fsp3) is 0.143. The molecule has 0 fully saturated rings. The third-order valence-corrected chi connectivity index (χ3v) is 2.90. The van der Waals surface area contributed by atoms with Crippen LogP contribution in [0.2, 0.25) is 0 Å². The Morgan fingerprint density at radius 3 is 2.40 bits per heavy atom. The van der Waals surface area contributed by atoms with E-state index in [1.54, 1.807) is 6.92 Å². The summed E-state index contributed by atoms with van der Waals surface area (Å²) in [6.07, 6.45) is 0. The van der Waals surface area contributed by atoms with Crippen LogP contribution < -0.4 is 5.32 Å². The van der Waals surface area contributed by atoms with E-state index in [1.165, 1.54) is 36.4 Å². The maximum atomic E-state index is 13.7. The molecule has 0 atom stereocenters. The van der Waals surface area contributed by atoms with Crippen molar-refractivity contribution in [2.45, 2.75) is 13.5 Å². The highest BCUT2D eigenvalue weighted by Crippen LogP contribution is 2.22. The number of nitrogens with zero attached hydrogens (tertiary/aromatic N) is 1. The van der Waals surface area contributed by atoms with Crippen LogP contribution in [0, 0.1) is 28.7 Å². The molecule has 0 unspecified atom stereocenters. The van der Waals surface area contributed by atoms with Gasteiger partial charge in [0.1, 0.15) is 11.5 Å². The largest absolute Gasteiger partial charge is 0.376 e. The second-order valence-corrected chi connectivity index (χ2v) is 4.33. The average Bonchev–Trinajstić information content (AvgIpc) is 2.43. The first kappa shape index (κ1) is 13.9. The summed E-state index contributed by atoms with van der Waals surface area (Å²) in [6, 6.07) is 8.33. The zero-order chi connectivity index (χ0) is 14.7. The van der Waals surface area contributed by atoms with Gasteiger partial charge in [-0.1, -0.05) is 18.2 Å². The molecule has 20 heavy (non-hydrogen) atoms. The fourth-order valence-electron chi connectivity index (χ4n) is 1.74. The van der Waals surface area contributed by atoms with E-state index in [0.29, 0.717) is 11.1 Å². The molecule has 104 valence electrons. The molecule has 0 heterocycles. The van der Waals surface area contributed by atoms with E-state index < -0.39 is 16.6 Å². The van der Waals surface area contributed by atoms with Gasteiger partial charge in [0, 0.05) is 18.7 Å². The van der Waals surface area contributed by atoms with Gasteiger partial charge in [-0.15, -0.1) is 0 Å². The molecule has 0 aromatic heterocycles. The Labute approximate surface area is 114 Å². The molecule has 0 spiro atoms. The third-order valence-electron chi connectivity index (χ3n) is 2.90. The van der Waals surface area contributed by atoms with Crippen LogP contribution in [0.4, 0.5) is 20.2 Å². The number of nitrogens with one attached hydrogen (secondary N) is 1. The number of hydrogen-bond donors (Lipinski definition) is 1. The Balaban J connectivity index is 2.13. The normalized spacial score (nSPS) is 10.3. The topological polar surface area (TPSA) is 55.2 Å². The molecule has 2 aromatic rings. The second kappa shape index (κ2) is 5.64. The van der Waals surface area contributed by atoms with E-state index in [2.05, 4.69) is 5.32 Å². The predicted molar refractivity (Wildman–Crippen MR) is 71.5 cm³/mol. The molecular weight excluding hydrogens is 266 g/mol. The van der Waals surface area contributed by atoms with Crippen molar-refractivity contribution >= 4 is 11.4 Å². The molecule has 0 amide bonds. The minimum absolute atomic E-state index is 0.0262.